The number of carbonyl (C=O) groups excluding carboxylic acids is 2. The minimum atomic E-state index is -4.52. The second kappa shape index (κ2) is 9.33. The first-order chi connectivity index (χ1) is 16.7. The molecule has 0 aliphatic rings. The Hall–Kier alpha value is -4.61. The summed E-state index contributed by atoms with van der Waals surface area (Å²) in [4.78, 5) is 28.8. The zero-order chi connectivity index (χ0) is 25.2. The molecule has 9 nitrogen and oxygen atoms in total. The molecule has 0 radical (unpaired) electrons. The highest BCUT2D eigenvalue weighted by molar-refractivity contribution is 6.05. The number of esters is 1. The van der Waals surface area contributed by atoms with Gasteiger partial charge in [0.15, 0.2) is 5.82 Å². The molecule has 4 rings (SSSR count). The number of nitrogen functional groups attached to an aromatic ring is 1. The predicted molar refractivity (Wildman–Crippen MR) is 123 cm³/mol. The van der Waals surface area contributed by atoms with Gasteiger partial charge < -0.3 is 21.1 Å². The molecule has 2 heterocycles. The number of halogens is 3. The lowest BCUT2D eigenvalue weighted by atomic mass is 10.0. The highest BCUT2D eigenvalue weighted by atomic mass is 19.4. The van der Waals surface area contributed by atoms with Gasteiger partial charge in [-0.05, 0) is 42.8 Å². The molecular formula is C23H19F3N6O3. The molecule has 2 amide bonds. The lowest BCUT2D eigenvalue weighted by Crippen LogP contribution is -2.19. The van der Waals surface area contributed by atoms with Crippen LogP contribution in [0.25, 0.3) is 16.6 Å². The number of benzene rings is 2. The van der Waals surface area contributed by atoms with Crippen molar-refractivity contribution in [2.45, 2.75) is 13.1 Å². The normalized spacial score (nSPS) is 11.3. The van der Waals surface area contributed by atoms with E-state index in [1.807, 2.05) is 0 Å². The van der Waals surface area contributed by atoms with Crippen molar-refractivity contribution >= 4 is 34.7 Å². The van der Waals surface area contributed by atoms with Crippen LogP contribution in [0.3, 0.4) is 0 Å². The molecule has 4 aromatic rings. The standard InChI is InChI=1S/C23H19F3N6O3/c1-2-35-21(33)17-11-32-19(20(27)28-12-29-32)18(17)13-6-8-15(9-7-13)30-22(34)31-16-5-3-4-14(10-16)23(24,25)26/h3-12H,2H2,1H3,(H2,27,28,29)(H2,30,31,34). The van der Waals surface area contributed by atoms with E-state index in [2.05, 4.69) is 20.7 Å². The summed E-state index contributed by atoms with van der Waals surface area (Å²) in [5, 5.41) is 9.01. The van der Waals surface area contributed by atoms with Crippen LogP contribution in [-0.2, 0) is 10.9 Å². The lowest BCUT2D eigenvalue weighted by Gasteiger charge is -2.11. The molecule has 0 bridgehead atoms. The summed E-state index contributed by atoms with van der Waals surface area (Å²) < 4.78 is 45.2. The van der Waals surface area contributed by atoms with E-state index in [4.69, 9.17) is 10.5 Å². The molecule has 12 heteroatoms. The Balaban J connectivity index is 1.57. The van der Waals surface area contributed by atoms with Crippen LogP contribution in [0.2, 0.25) is 0 Å². The number of anilines is 3. The molecule has 2 aromatic heterocycles. The number of amides is 2. The van der Waals surface area contributed by atoms with Crippen LogP contribution in [0.4, 0.5) is 35.2 Å². The van der Waals surface area contributed by atoms with Crippen LogP contribution < -0.4 is 16.4 Å². The molecule has 0 aliphatic heterocycles. The van der Waals surface area contributed by atoms with Crippen molar-refractivity contribution in [3.05, 3.63) is 72.2 Å². The van der Waals surface area contributed by atoms with Gasteiger partial charge in [-0.1, -0.05) is 18.2 Å². The van der Waals surface area contributed by atoms with Crippen molar-refractivity contribution in [3.63, 3.8) is 0 Å². The maximum absolute atomic E-state index is 12.9. The minimum absolute atomic E-state index is 0.0104. The summed E-state index contributed by atoms with van der Waals surface area (Å²) >= 11 is 0. The van der Waals surface area contributed by atoms with E-state index < -0.39 is 23.7 Å². The SMILES string of the molecule is CCOC(=O)c1cn2ncnc(N)c2c1-c1ccc(NC(=O)Nc2cccc(C(F)(F)F)c2)cc1. The van der Waals surface area contributed by atoms with Crippen molar-refractivity contribution in [2.75, 3.05) is 23.0 Å². The number of carbonyl (C=O) groups is 2. The number of nitrogens with two attached hydrogens (primary N) is 1. The Bertz CT molecular complexity index is 1400. The van der Waals surface area contributed by atoms with Crippen molar-refractivity contribution in [1.29, 1.82) is 0 Å². The van der Waals surface area contributed by atoms with Crippen LogP contribution in [-0.4, -0.2) is 33.2 Å². The van der Waals surface area contributed by atoms with E-state index in [1.54, 1.807) is 31.2 Å². The number of fused-ring (bicyclic) bond motifs is 1. The highest BCUT2D eigenvalue weighted by Crippen LogP contribution is 2.34. The first-order valence-electron chi connectivity index (χ1n) is 10.3. The van der Waals surface area contributed by atoms with Crippen LogP contribution in [0.1, 0.15) is 22.8 Å². The smallest absolute Gasteiger partial charge is 0.416 e. The van der Waals surface area contributed by atoms with Gasteiger partial charge in [0.05, 0.1) is 17.7 Å². The molecule has 0 atom stereocenters. The molecule has 4 N–H and O–H groups in total. The van der Waals surface area contributed by atoms with Crippen LogP contribution >= 0.6 is 0 Å². The topological polar surface area (TPSA) is 124 Å². The Morgan fingerprint density at radius 2 is 1.80 bits per heavy atom. The summed E-state index contributed by atoms with van der Waals surface area (Å²) in [5.41, 5.74) is 7.21. The number of alkyl halides is 3. The summed E-state index contributed by atoms with van der Waals surface area (Å²) in [6, 6.07) is 10.00. The van der Waals surface area contributed by atoms with E-state index in [0.29, 0.717) is 22.3 Å². The number of rotatable bonds is 5. The average Bonchev–Trinajstić information content (AvgIpc) is 3.20. The molecule has 35 heavy (non-hydrogen) atoms. The Morgan fingerprint density at radius 3 is 2.49 bits per heavy atom. The summed E-state index contributed by atoms with van der Waals surface area (Å²) in [6.45, 7) is 1.86. The van der Waals surface area contributed by atoms with Gasteiger partial charge in [0.25, 0.3) is 0 Å². The third-order valence-electron chi connectivity index (χ3n) is 4.98. The molecule has 0 fully saturated rings. The van der Waals surface area contributed by atoms with Gasteiger partial charge in [0.1, 0.15) is 11.8 Å². The molecule has 0 spiro atoms. The van der Waals surface area contributed by atoms with Crippen molar-refractivity contribution in [2.24, 2.45) is 0 Å². The monoisotopic (exact) mass is 484 g/mol. The number of nitrogens with zero attached hydrogens (tertiary/aromatic N) is 3. The quantitative estimate of drug-likeness (QED) is 0.349. The summed E-state index contributed by atoms with van der Waals surface area (Å²) in [7, 11) is 0. The molecule has 2 aromatic carbocycles. The predicted octanol–water partition coefficient (Wildman–Crippen LogP) is 4.82. The van der Waals surface area contributed by atoms with E-state index in [-0.39, 0.29) is 23.7 Å². The largest absolute Gasteiger partial charge is 0.462 e. The van der Waals surface area contributed by atoms with Crippen molar-refractivity contribution in [3.8, 4) is 11.1 Å². The van der Waals surface area contributed by atoms with Crippen LogP contribution in [0.5, 0.6) is 0 Å². The van der Waals surface area contributed by atoms with E-state index in [9.17, 15) is 22.8 Å². The minimum Gasteiger partial charge on any atom is -0.462 e. The number of hydrogen-bond acceptors (Lipinski definition) is 6. The highest BCUT2D eigenvalue weighted by Gasteiger charge is 2.30. The third-order valence-corrected chi connectivity index (χ3v) is 4.98. The van der Waals surface area contributed by atoms with Gasteiger partial charge in [-0.15, -0.1) is 0 Å². The second-order valence-electron chi connectivity index (χ2n) is 7.31. The zero-order valence-corrected chi connectivity index (χ0v) is 18.3. The molecule has 0 aliphatic carbocycles. The van der Waals surface area contributed by atoms with Gasteiger partial charge in [-0.2, -0.15) is 18.3 Å². The maximum Gasteiger partial charge on any atom is 0.416 e. The van der Waals surface area contributed by atoms with Crippen molar-refractivity contribution in [1.82, 2.24) is 14.6 Å². The number of urea groups is 1. The average molecular weight is 484 g/mol. The number of ether oxygens (including phenoxy) is 1. The first kappa shape index (κ1) is 23.5. The fraction of sp³-hybridized carbons (Fsp3) is 0.130. The lowest BCUT2D eigenvalue weighted by molar-refractivity contribution is -0.137. The molecular weight excluding hydrogens is 465 g/mol. The number of aromatic nitrogens is 3. The second-order valence-corrected chi connectivity index (χ2v) is 7.31. The van der Waals surface area contributed by atoms with Crippen molar-refractivity contribution < 1.29 is 27.5 Å². The Labute approximate surface area is 196 Å². The molecule has 0 saturated carbocycles. The summed E-state index contributed by atoms with van der Waals surface area (Å²) in [6.07, 6.45) is -1.77. The third kappa shape index (κ3) is 5.00. The fourth-order valence-corrected chi connectivity index (χ4v) is 3.48. The molecule has 0 saturated heterocycles. The van der Waals surface area contributed by atoms with E-state index in [1.165, 1.54) is 29.2 Å². The van der Waals surface area contributed by atoms with Gasteiger partial charge >= 0.3 is 18.2 Å². The van der Waals surface area contributed by atoms with E-state index >= 15 is 0 Å². The van der Waals surface area contributed by atoms with Gasteiger partial charge in [0.2, 0.25) is 0 Å². The summed E-state index contributed by atoms with van der Waals surface area (Å²) in [5.74, 6) is -0.400. The zero-order valence-electron chi connectivity index (χ0n) is 18.3. The molecule has 180 valence electrons. The van der Waals surface area contributed by atoms with Gasteiger partial charge in [0, 0.05) is 23.1 Å². The Kier molecular flexibility index (Phi) is 6.28. The van der Waals surface area contributed by atoms with Gasteiger partial charge in [-0.25, -0.2) is 19.1 Å². The fourth-order valence-electron chi connectivity index (χ4n) is 3.48. The molecule has 0 unspecified atom stereocenters. The van der Waals surface area contributed by atoms with Crippen LogP contribution in [0.15, 0.2) is 61.1 Å². The number of hydrogen-bond donors (Lipinski definition) is 3. The van der Waals surface area contributed by atoms with E-state index in [0.717, 1.165) is 12.1 Å². The maximum atomic E-state index is 12.9. The first-order valence-corrected chi connectivity index (χ1v) is 10.3. The van der Waals surface area contributed by atoms with Gasteiger partial charge in [-0.3, -0.25) is 0 Å². The Morgan fingerprint density at radius 1 is 1.09 bits per heavy atom. The van der Waals surface area contributed by atoms with Crippen LogP contribution in [0, 0.1) is 0 Å². The number of nitrogens with one attached hydrogen (secondary N) is 2.